The molecule has 0 aromatic heterocycles. The van der Waals surface area contributed by atoms with Crippen LogP contribution >= 0.6 is 0 Å². The molecule has 1 aromatic rings. The van der Waals surface area contributed by atoms with E-state index in [0.29, 0.717) is 34.8 Å². The third-order valence-corrected chi connectivity index (χ3v) is 4.07. The first-order valence-electron chi connectivity index (χ1n) is 9.38. The number of nitrogens with zero attached hydrogens (tertiary/aromatic N) is 1. The summed E-state index contributed by atoms with van der Waals surface area (Å²) in [5.41, 5.74) is 14.5. The van der Waals surface area contributed by atoms with Crippen LogP contribution in [0.2, 0.25) is 0 Å². The van der Waals surface area contributed by atoms with Crippen LogP contribution in [0.1, 0.15) is 52.0 Å². The number of carbonyl (C=O) groups excluding carboxylic acids is 1. The number of amidine groups is 1. The van der Waals surface area contributed by atoms with E-state index in [9.17, 15) is 4.79 Å². The minimum Gasteiger partial charge on any atom is -0.496 e. The molecule has 148 valence electrons. The largest absolute Gasteiger partial charge is 0.496 e. The highest BCUT2D eigenvalue weighted by Gasteiger charge is 2.36. The second-order valence-corrected chi connectivity index (χ2v) is 5.62. The van der Waals surface area contributed by atoms with Gasteiger partial charge in [0.15, 0.2) is 0 Å². The van der Waals surface area contributed by atoms with Crippen molar-refractivity contribution in [3.05, 3.63) is 52.9 Å². The zero-order chi connectivity index (χ0) is 20.4. The molecule has 27 heavy (non-hydrogen) atoms. The van der Waals surface area contributed by atoms with E-state index >= 15 is 0 Å². The van der Waals surface area contributed by atoms with Gasteiger partial charge in [-0.1, -0.05) is 45.4 Å². The van der Waals surface area contributed by atoms with Crippen LogP contribution in [-0.4, -0.2) is 25.5 Å². The lowest BCUT2D eigenvalue weighted by Crippen LogP contribution is -2.30. The van der Waals surface area contributed by atoms with E-state index < -0.39 is 11.9 Å². The average Bonchev–Trinajstić information content (AvgIpc) is 2.69. The fourth-order valence-electron chi connectivity index (χ4n) is 3.02. The quantitative estimate of drug-likeness (QED) is 0.742. The SMILES string of the molecule is CC.CCCC1=C(C(=O)OCC)C(c2ccccc2OC)/C(=C/N)C(N)=N1. The lowest BCUT2D eigenvalue weighted by molar-refractivity contribution is -0.138. The van der Waals surface area contributed by atoms with Gasteiger partial charge in [-0.15, -0.1) is 0 Å². The summed E-state index contributed by atoms with van der Waals surface area (Å²) in [7, 11) is 1.59. The van der Waals surface area contributed by atoms with Crippen molar-refractivity contribution in [1.82, 2.24) is 0 Å². The van der Waals surface area contributed by atoms with E-state index in [2.05, 4.69) is 4.99 Å². The van der Waals surface area contributed by atoms with Gasteiger partial charge >= 0.3 is 5.97 Å². The van der Waals surface area contributed by atoms with E-state index in [4.69, 9.17) is 20.9 Å². The summed E-state index contributed by atoms with van der Waals surface area (Å²) >= 11 is 0. The minimum absolute atomic E-state index is 0.279. The molecule has 0 radical (unpaired) electrons. The van der Waals surface area contributed by atoms with Crippen LogP contribution in [-0.2, 0) is 9.53 Å². The van der Waals surface area contributed by atoms with Gasteiger partial charge in [0.25, 0.3) is 0 Å². The molecule has 1 unspecified atom stereocenters. The summed E-state index contributed by atoms with van der Waals surface area (Å²) in [5.74, 6) is 0.0887. The van der Waals surface area contributed by atoms with Crippen molar-refractivity contribution in [1.29, 1.82) is 0 Å². The van der Waals surface area contributed by atoms with Gasteiger partial charge in [-0.3, -0.25) is 0 Å². The monoisotopic (exact) mass is 373 g/mol. The Balaban J connectivity index is 0.00000176. The highest BCUT2D eigenvalue weighted by Crippen LogP contribution is 2.42. The molecule has 1 atom stereocenters. The lowest BCUT2D eigenvalue weighted by Gasteiger charge is -2.29. The van der Waals surface area contributed by atoms with Gasteiger partial charge < -0.3 is 20.9 Å². The molecule has 6 nitrogen and oxygen atoms in total. The van der Waals surface area contributed by atoms with Crippen molar-refractivity contribution >= 4 is 11.8 Å². The number of methoxy groups -OCH3 is 1. The van der Waals surface area contributed by atoms with Gasteiger partial charge in [0.1, 0.15) is 11.6 Å². The van der Waals surface area contributed by atoms with E-state index in [1.165, 1.54) is 6.20 Å². The van der Waals surface area contributed by atoms with Gasteiger partial charge in [-0.05, 0) is 19.4 Å². The van der Waals surface area contributed by atoms with Crippen LogP contribution in [0.5, 0.6) is 5.75 Å². The van der Waals surface area contributed by atoms with Crippen LogP contribution in [0.25, 0.3) is 0 Å². The summed E-state index contributed by atoms with van der Waals surface area (Å²) in [4.78, 5) is 17.2. The molecule has 2 rings (SSSR count). The van der Waals surface area contributed by atoms with Gasteiger partial charge in [0, 0.05) is 17.3 Å². The number of hydrogen-bond donors (Lipinski definition) is 2. The van der Waals surface area contributed by atoms with Crippen LogP contribution in [0, 0.1) is 0 Å². The molecular weight excluding hydrogens is 342 g/mol. The second kappa shape index (κ2) is 11.1. The number of allylic oxidation sites excluding steroid dienone is 1. The summed E-state index contributed by atoms with van der Waals surface area (Å²) in [6.45, 7) is 8.07. The number of benzene rings is 1. The Hall–Kier alpha value is -2.76. The number of rotatable bonds is 6. The van der Waals surface area contributed by atoms with Gasteiger partial charge in [-0.25, -0.2) is 9.79 Å². The van der Waals surface area contributed by atoms with Crippen molar-refractivity contribution < 1.29 is 14.3 Å². The number of esters is 1. The zero-order valence-corrected chi connectivity index (χ0v) is 16.9. The Morgan fingerprint density at radius 2 is 1.93 bits per heavy atom. The first-order valence-corrected chi connectivity index (χ1v) is 9.38. The average molecular weight is 373 g/mol. The standard InChI is InChI=1S/C19H25N3O3.C2H6/c1-4-8-14-17(19(23)25-5-2)16(13(11-20)18(21)22-14)12-9-6-7-10-15(12)24-3;1-2/h6-7,9-11,16H,4-5,8,20H2,1-3H3,(H2,21,22);1-2H3/b13-11-;. The van der Waals surface area contributed by atoms with Crippen LogP contribution < -0.4 is 16.2 Å². The van der Waals surface area contributed by atoms with Crippen molar-refractivity contribution in [3.63, 3.8) is 0 Å². The van der Waals surface area contributed by atoms with Crippen LogP contribution in [0.3, 0.4) is 0 Å². The summed E-state index contributed by atoms with van der Waals surface area (Å²) in [5, 5.41) is 0. The topological polar surface area (TPSA) is 99.9 Å². The van der Waals surface area contributed by atoms with Gasteiger partial charge in [-0.2, -0.15) is 0 Å². The minimum atomic E-state index is -0.473. The molecule has 0 fully saturated rings. The molecule has 1 aliphatic heterocycles. The molecule has 1 aliphatic rings. The summed E-state index contributed by atoms with van der Waals surface area (Å²) in [6, 6.07) is 7.49. The molecule has 0 saturated carbocycles. The Morgan fingerprint density at radius 3 is 2.48 bits per heavy atom. The predicted octanol–water partition coefficient (Wildman–Crippen LogP) is 3.64. The van der Waals surface area contributed by atoms with Crippen molar-refractivity contribution in [2.24, 2.45) is 16.5 Å². The third-order valence-electron chi connectivity index (χ3n) is 4.07. The molecule has 0 spiro atoms. The van der Waals surface area contributed by atoms with Gasteiger partial charge in [0.05, 0.1) is 30.9 Å². The Kier molecular flexibility index (Phi) is 9.13. The Morgan fingerprint density at radius 1 is 1.26 bits per heavy atom. The van der Waals surface area contributed by atoms with Gasteiger partial charge in [0.2, 0.25) is 0 Å². The predicted molar refractivity (Wildman–Crippen MR) is 110 cm³/mol. The lowest BCUT2D eigenvalue weighted by atomic mass is 9.80. The van der Waals surface area contributed by atoms with E-state index in [-0.39, 0.29) is 6.61 Å². The first kappa shape index (κ1) is 22.3. The molecule has 0 amide bonds. The van der Waals surface area contributed by atoms with Crippen molar-refractivity contribution in [3.8, 4) is 5.75 Å². The number of para-hydroxylation sites is 1. The number of hydrogen-bond acceptors (Lipinski definition) is 6. The highest BCUT2D eigenvalue weighted by atomic mass is 16.5. The number of carbonyl (C=O) groups is 1. The van der Waals surface area contributed by atoms with Crippen LogP contribution in [0.15, 0.2) is 52.3 Å². The fraction of sp³-hybridized carbons (Fsp3) is 0.429. The van der Waals surface area contributed by atoms with E-state index in [1.807, 2.05) is 45.0 Å². The molecule has 1 aromatic carbocycles. The molecule has 0 bridgehead atoms. The molecule has 1 heterocycles. The molecule has 4 N–H and O–H groups in total. The first-order chi connectivity index (χ1) is 13.1. The highest BCUT2D eigenvalue weighted by molar-refractivity contribution is 6.05. The molecule has 0 aliphatic carbocycles. The third kappa shape index (κ3) is 4.90. The summed E-state index contributed by atoms with van der Waals surface area (Å²) in [6.07, 6.45) is 2.85. The number of ether oxygens (including phenoxy) is 2. The maximum absolute atomic E-state index is 12.7. The normalized spacial score (nSPS) is 17.7. The fourth-order valence-corrected chi connectivity index (χ4v) is 3.02. The Labute approximate surface area is 161 Å². The second-order valence-electron chi connectivity index (χ2n) is 5.62. The molecule has 6 heteroatoms. The van der Waals surface area contributed by atoms with Crippen molar-refractivity contribution in [2.45, 2.75) is 46.5 Å². The van der Waals surface area contributed by atoms with Crippen LogP contribution in [0.4, 0.5) is 0 Å². The maximum Gasteiger partial charge on any atom is 0.336 e. The number of nitrogens with two attached hydrogens (primary N) is 2. The van der Waals surface area contributed by atoms with E-state index in [1.54, 1.807) is 14.0 Å². The van der Waals surface area contributed by atoms with Crippen molar-refractivity contribution in [2.75, 3.05) is 13.7 Å². The maximum atomic E-state index is 12.7. The number of aliphatic imine (C=N–C) groups is 1. The Bertz CT molecular complexity index is 736. The summed E-state index contributed by atoms with van der Waals surface area (Å²) < 4.78 is 10.8. The zero-order valence-electron chi connectivity index (χ0n) is 16.9. The van der Waals surface area contributed by atoms with E-state index in [0.717, 1.165) is 12.0 Å². The molecule has 0 saturated heterocycles. The molecular formula is C21H31N3O3. The smallest absolute Gasteiger partial charge is 0.336 e.